The van der Waals surface area contributed by atoms with Gasteiger partial charge in [0.1, 0.15) is 22.7 Å². The molecule has 2 aromatic rings. The lowest BCUT2D eigenvalue weighted by Crippen LogP contribution is -2.52. The number of nitrogens with zero attached hydrogens (tertiary/aromatic N) is 4. The van der Waals surface area contributed by atoms with Gasteiger partial charge in [0.05, 0.1) is 10.9 Å². The van der Waals surface area contributed by atoms with Gasteiger partial charge in [-0.05, 0) is 20.8 Å². The summed E-state index contributed by atoms with van der Waals surface area (Å²) in [6.45, 7) is 6.44. The molecule has 0 saturated carbocycles. The summed E-state index contributed by atoms with van der Waals surface area (Å²) in [5.41, 5.74) is -1.32. The standard InChI is InChI=1S/C16H18ClF3N4O2/c1-15(2,3)26-14(25)24-5-9(6-24)4-23-7-10(16(18,19)20)11-12(17)21-8-22-13(11)23/h7-9H,4-6H2,1-3H3. The Bertz CT molecular complexity index is 838. The molecule has 0 spiro atoms. The third kappa shape index (κ3) is 3.72. The minimum absolute atomic E-state index is 0.00735. The van der Waals surface area contributed by atoms with Crippen molar-refractivity contribution in [2.45, 2.75) is 39.1 Å². The number of ether oxygens (including phenoxy) is 1. The second-order valence-corrected chi connectivity index (χ2v) is 7.67. The first-order valence-electron chi connectivity index (χ1n) is 8.00. The van der Waals surface area contributed by atoms with Crippen LogP contribution in [0.1, 0.15) is 26.3 Å². The summed E-state index contributed by atoms with van der Waals surface area (Å²) in [4.78, 5) is 21.1. The van der Waals surface area contributed by atoms with Gasteiger partial charge in [-0.1, -0.05) is 11.6 Å². The number of carbonyl (C=O) groups is 1. The average molecular weight is 391 g/mol. The Balaban J connectivity index is 1.76. The predicted octanol–water partition coefficient (Wildman–Crippen LogP) is 3.97. The maximum Gasteiger partial charge on any atom is 0.418 e. The average Bonchev–Trinajstić information content (AvgIpc) is 2.80. The fourth-order valence-corrected chi connectivity index (χ4v) is 3.11. The van der Waals surface area contributed by atoms with Gasteiger partial charge < -0.3 is 14.2 Å². The van der Waals surface area contributed by atoms with Gasteiger partial charge in [-0.2, -0.15) is 13.2 Å². The first-order chi connectivity index (χ1) is 12.0. The Kier molecular flexibility index (Phi) is 4.54. The number of fused-ring (bicyclic) bond motifs is 1. The Morgan fingerprint density at radius 1 is 1.31 bits per heavy atom. The predicted molar refractivity (Wildman–Crippen MR) is 88.8 cm³/mol. The largest absolute Gasteiger partial charge is 0.444 e. The summed E-state index contributed by atoms with van der Waals surface area (Å²) < 4.78 is 46.5. The van der Waals surface area contributed by atoms with Crippen molar-refractivity contribution < 1.29 is 22.7 Å². The van der Waals surface area contributed by atoms with Crippen LogP contribution >= 0.6 is 11.6 Å². The topological polar surface area (TPSA) is 60.2 Å². The highest BCUT2D eigenvalue weighted by molar-refractivity contribution is 6.34. The highest BCUT2D eigenvalue weighted by atomic mass is 35.5. The van der Waals surface area contributed by atoms with E-state index in [1.807, 2.05) is 0 Å². The number of rotatable bonds is 2. The van der Waals surface area contributed by atoms with E-state index in [-0.39, 0.29) is 22.1 Å². The monoisotopic (exact) mass is 390 g/mol. The van der Waals surface area contributed by atoms with E-state index in [4.69, 9.17) is 16.3 Å². The molecule has 26 heavy (non-hydrogen) atoms. The fourth-order valence-electron chi connectivity index (χ4n) is 2.88. The van der Waals surface area contributed by atoms with Crippen LogP contribution in [0.5, 0.6) is 0 Å². The molecule has 0 unspecified atom stereocenters. The second kappa shape index (κ2) is 6.29. The molecule has 1 fully saturated rings. The van der Waals surface area contributed by atoms with Gasteiger partial charge >= 0.3 is 12.3 Å². The molecule has 2 aromatic heterocycles. The highest BCUT2D eigenvalue weighted by Crippen LogP contribution is 2.38. The van der Waals surface area contributed by atoms with Crippen LogP contribution in [0.2, 0.25) is 5.15 Å². The number of likely N-dealkylation sites (tertiary alicyclic amines) is 1. The normalized spacial score (nSPS) is 16.0. The summed E-state index contributed by atoms with van der Waals surface area (Å²) in [5, 5.41) is -0.435. The zero-order chi connectivity index (χ0) is 19.3. The maximum atomic E-state index is 13.3. The van der Waals surface area contributed by atoms with Crippen LogP contribution in [0.15, 0.2) is 12.5 Å². The molecule has 0 bridgehead atoms. The van der Waals surface area contributed by atoms with E-state index in [1.54, 1.807) is 20.8 Å². The lowest BCUT2D eigenvalue weighted by atomic mass is 10.0. The van der Waals surface area contributed by atoms with E-state index in [0.717, 1.165) is 12.5 Å². The third-order valence-corrected chi connectivity index (χ3v) is 4.26. The van der Waals surface area contributed by atoms with Crippen LogP contribution < -0.4 is 0 Å². The van der Waals surface area contributed by atoms with Gasteiger partial charge in [0.15, 0.2) is 0 Å². The van der Waals surface area contributed by atoms with E-state index in [1.165, 1.54) is 9.47 Å². The van der Waals surface area contributed by atoms with Gasteiger partial charge in [-0.3, -0.25) is 0 Å². The number of amides is 1. The van der Waals surface area contributed by atoms with Crippen LogP contribution in [0.3, 0.4) is 0 Å². The summed E-state index contributed by atoms with van der Waals surface area (Å²) in [6, 6.07) is 0. The highest BCUT2D eigenvalue weighted by Gasteiger charge is 2.38. The number of carbonyl (C=O) groups excluding carboxylic acids is 1. The molecule has 0 aliphatic carbocycles. The molecule has 1 saturated heterocycles. The molecule has 0 radical (unpaired) electrons. The summed E-state index contributed by atoms with van der Waals surface area (Å²) in [5.74, 6) is 0.00735. The molecule has 1 amide bonds. The zero-order valence-corrected chi connectivity index (χ0v) is 15.2. The first kappa shape index (κ1) is 18.8. The quantitative estimate of drug-likeness (QED) is 0.728. The molecule has 3 rings (SSSR count). The molecule has 0 N–H and O–H groups in total. The number of hydrogen-bond acceptors (Lipinski definition) is 4. The molecule has 1 aliphatic rings. The van der Waals surface area contributed by atoms with Crippen molar-refractivity contribution in [3.05, 3.63) is 23.2 Å². The smallest absolute Gasteiger partial charge is 0.418 e. The molecule has 0 atom stereocenters. The van der Waals surface area contributed by atoms with Crippen LogP contribution in [-0.2, 0) is 17.5 Å². The van der Waals surface area contributed by atoms with Crippen LogP contribution in [0, 0.1) is 5.92 Å². The van der Waals surface area contributed by atoms with E-state index < -0.39 is 23.4 Å². The van der Waals surface area contributed by atoms with Gasteiger partial charge in [0.2, 0.25) is 0 Å². The number of aromatic nitrogens is 3. The maximum absolute atomic E-state index is 13.3. The Labute approximate surface area is 152 Å². The summed E-state index contributed by atoms with van der Waals surface area (Å²) >= 11 is 5.86. The van der Waals surface area contributed by atoms with E-state index >= 15 is 0 Å². The molecular weight excluding hydrogens is 373 g/mol. The lowest BCUT2D eigenvalue weighted by molar-refractivity contribution is -0.136. The van der Waals surface area contributed by atoms with Crippen molar-refractivity contribution >= 4 is 28.7 Å². The van der Waals surface area contributed by atoms with Crippen molar-refractivity contribution in [3.63, 3.8) is 0 Å². The molecule has 10 heteroatoms. The Morgan fingerprint density at radius 3 is 2.54 bits per heavy atom. The third-order valence-electron chi connectivity index (χ3n) is 3.98. The van der Waals surface area contributed by atoms with Crippen molar-refractivity contribution in [2.75, 3.05) is 13.1 Å². The van der Waals surface area contributed by atoms with Gasteiger partial charge in [-0.15, -0.1) is 0 Å². The molecule has 142 valence electrons. The Morgan fingerprint density at radius 2 is 1.96 bits per heavy atom. The minimum Gasteiger partial charge on any atom is -0.444 e. The van der Waals surface area contributed by atoms with Gasteiger partial charge in [-0.25, -0.2) is 14.8 Å². The van der Waals surface area contributed by atoms with E-state index in [2.05, 4.69) is 9.97 Å². The van der Waals surface area contributed by atoms with Crippen LogP contribution in [0.4, 0.5) is 18.0 Å². The number of hydrogen-bond donors (Lipinski definition) is 0. The van der Waals surface area contributed by atoms with E-state index in [0.29, 0.717) is 19.6 Å². The van der Waals surface area contributed by atoms with Crippen molar-refractivity contribution in [1.29, 1.82) is 0 Å². The zero-order valence-electron chi connectivity index (χ0n) is 14.5. The minimum atomic E-state index is -4.56. The summed E-state index contributed by atoms with van der Waals surface area (Å²) in [6.07, 6.45) is -2.84. The molecule has 6 nitrogen and oxygen atoms in total. The van der Waals surface area contributed by atoms with Crippen molar-refractivity contribution in [1.82, 2.24) is 19.4 Å². The van der Waals surface area contributed by atoms with Gasteiger partial charge in [0.25, 0.3) is 0 Å². The molecule has 0 aromatic carbocycles. The van der Waals surface area contributed by atoms with Crippen molar-refractivity contribution in [3.8, 4) is 0 Å². The number of alkyl halides is 3. The fraction of sp³-hybridized carbons (Fsp3) is 0.562. The molecular formula is C16H18ClF3N4O2. The number of halogens is 4. The SMILES string of the molecule is CC(C)(C)OC(=O)N1CC(Cn2cc(C(F)(F)F)c3c(Cl)ncnc32)C1. The van der Waals surface area contributed by atoms with Crippen LogP contribution in [0.25, 0.3) is 11.0 Å². The molecule has 3 heterocycles. The summed E-state index contributed by atoms with van der Waals surface area (Å²) in [7, 11) is 0. The van der Waals surface area contributed by atoms with Crippen molar-refractivity contribution in [2.24, 2.45) is 5.92 Å². The second-order valence-electron chi connectivity index (χ2n) is 7.31. The van der Waals surface area contributed by atoms with E-state index in [9.17, 15) is 18.0 Å². The van der Waals surface area contributed by atoms with Crippen LogP contribution in [-0.4, -0.2) is 44.2 Å². The Hall–Kier alpha value is -2.03. The lowest BCUT2D eigenvalue weighted by Gasteiger charge is -2.40. The van der Waals surface area contributed by atoms with Gasteiger partial charge in [0, 0.05) is 31.7 Å². The first-order valence-corrected chi connectivity index (χ1v) is 8.38. The molecule has 1 aliphatic heterocycles.